The molecule has 2 rings (SSSR count). The zero-order valence-corrected chi connectivity index (χ0v) is 10.0. The Morgan fingerprint density at radius 2 is 2.18 bits per heavy atom. The van der Waals surface area contributed by atoms with Gasteiger partial charge in [-0.2, -0.15) is 5.10 Å². The number of nitrogen functional groups attached to an aromatic ring is 1. The summed E-state index contributed by atoms with van der Waals surface area (Å²) >= 11 is 11.8. The smallest absolute Gasteiger partial charge is 0.273 e. The molecule has 4 N–H and O–H groups in total. The van der Waals surface area contributed by atoms with Gasteiger partial charge < -0.3 is 11.1 Å². The molecule has 2 aromatic rings. The number of nitrogens with zero attached hydrogens (tertiary/aromatic N) is 1. The van der Waals surface area contributed by atoms with Crippen molar-refractivity contribution in [3.05, 3.63) is 40.0 Å². The Balaban J connectivity index is 2.21. The molecule has 1 aromatic carbocycles. The third-order valence-corrected chi connectivity index (χ3v) is 2.86. The summed E-state index contributed by atoms with van der Waals surface area (Å²) in [4.78, 5) is 11.8. The lowest BCUT2D eigenvalue weighted by molar-refractivity contribution is 0.102. The lowest BCUT2D eigenvalue weighted by Crippen LogP contribution is -2.12. The predicted octanol–water partition coefficient (Wildman–Crippen LogP) is 2.55. The molecule has 1 aromatic heterocycles. The molecule has 17 heavy (non-hydrogen) atoms. The third-order valence-electron chi connectivity index (χ3n) is 2.04. The molecule has 0 aliphatic heterocycles. The van der Waals surface area contributed by atoms with Crippen LogP contribution in [0.2, 0.25) is 10.0 Å². The second kappa shape index (κ2) is 4.65. The van der Waals surface area contributed by atoms with E-state index in [2.05, 4.69) is 15.5 Å². The molecule has 0 atom stereocenters. The minimum atomic E-state index is -0.390. The van der Waals surface area contributed by atoms with Gasteiger partial charge in [-0.05, 0) is 12.1 Å². The van der Waals surface area contributed by atoms with Gasteiger partial charge in [-0.25, -0.2) is 0 Å². The maximum absolute atomic E-state index is 11.8. The molecule has 0 saturated heterocycles. The van der Waals surface area contributed by atoms with Crippen molar-refractivity contribution in [1.29, 1.82) is 0 Å². The van der Waals surface area contributed by atoms with Gasteiger partial charge in [0.2, 0.25) is 0 Å². The molecule has 88 valence electrons. The van der Waals surface area contributed by atoms with E-state index >= 15 is 0 Å². The monoisotopic (exact) mass is 270 g/mol. The van der Waals surface area contributed by atoms with Crippen LogP contribution in [0.1, 0.15) is 10.5 Å². The number of aromatic amines is 1. The van der Waals surface area contributed by atoms with Crippen LogP contribution in [-0.2, 0) is 0 Å². The highest BCUT2D eigenvalue weighted by atomic mass is 35.5. The highest BCUT2D eigenvalue weighted by molar-refractivity contribution is 6.44. The first kappa shape index (κ1) is 11.8. The molecule has 0 fully saturated rings. The SMILES string of the molecule is Nc1cc(C(=O)Nc2cccc(Cl)c2Cl)[nH]n1. The first-order valence-corrected chi connectivity index (χ1v) is 5.40. The van der Waals surface area contributed by atoms with E-state index in [1.54, 1.807) is 18.2 Å². The van der Waals surface area contributed by atoms with Crippen LogP contribution in [0.25, 0.3) is 0 Å². The van der Waals surface area contributed by atoms with Crippen LogP contribution in [0.5, 0.6) is 0 Å². The Kier molecular flexibility index (Phi) is 3.21. The van der Waals surface area contributed by atoms with E-state index in [1.165, 1.54) is 6.07 Å². The fourth-order valence-electron chi connectivity index (χ4n) is 1.24. The average Bonchev–Trinajstić information content (AvgIpc) is 2.72. The third kappa shape index (κ3) is 2.51. The molecular formula is C10H8Cl2N4O. The fourth-order valence-corrected chi connectivity index (χ4v) is 1.59. The Hall–Kier alpha value is -1.72. The van der Waals surface area contributed by atoms with Crippen molar-refractivity contribution >= 4 is 40.6 Å². The van der Waals surface area contributed by atoms with Crippen LogP contribution in [0, 0.1) is 0 Å². The Morgan fingerprint density at radius 3 is 2.82 bits per heavy atom. The number of amides is 1. The number of aromatic nitrogens is 2. The van der Waals surface area contributed by atoms with Crippen molar-refractivity contribution in [2.24, 2.45) is 0 Å². The Morgan fingerprint density at radius 1 is 1.41 bits per heavy atom. The van der Waals surface area contributed by atoms with Crippen molar-refractivity contribution < 1.29 is 4.79 Å². The van der Waals surface area contributed by atoms with Crippen molar-refractivity contribution in [1.82, 2.24) is 10.2 Å². The summed E-state index contributed by atoms with van der Waals surface area (Å²) in [5, 5.41) is 9.40. The van der Waals surface area contributed by atoms with E-state index in [-0.39, 0.29) is 16.5 Å². The molecule has 0 aliphatic carbocycles. The van der Waals surface area contributed by atoms with Gasteiger partial charge in [-0.15, -0.1) is 0 Å². The quantitative estimate of drug-likeness (QED) is 0.784. The Labute approximate surface area is 107 Å². The van der Waals surface area contributed by atoms with Gasteiger partial charge in [-0.1, -0.05) is 29.3 Å². The van der Waals surface area contributed by atoms with Gasteiger partial charge >= 0.3 is 0 Å². The molecule has 0 aliphatic rings. The molecule has 5 nitrogen and oxygen atoms in total. The summed E-state index contributed by atoms with van der Waals surface area (Å²) in [6, 6.07) is 6.39. The number of benzene rings is 1. The second-order valence-electron chi connectivity index (χ2n) is 3.26. The summed E-state index contributed by atoms with van der Waals surface area (Å²) in [5.74, 6) is -0.147. The van der Waals surface area contributed by atoms with Gasteiger partial charge in [0.05, 0.1) is 15.7 Å². The van der Waals surface area contributed by atoms with E-state index < -0.39 is 5.91 Å². The number of carbonyl (C=O) groups is 1. The molecule has 0 bridgehead atoms. The highest BCUT2D eigenvalue weighted by Crippen LogP contribution is 2.29. The second-order valence-corrected chi connectivity index (χ2v) is 4.05. The number of hydrogen-bond donors (Lipinski definition) is 3. The Bertz CT molecular complexity index is 567. The van der Waals surface area contributed by atoms with E-state index in [0.29, 0.717) is 10.7 Å². The topological polar surface area (TPSA) is 83.8 Å². The lowest BCUT2D eigenvalue weighted by Gasteiger charge is -2.06. The van der Waals surface area contributed by atoms with Crippen molar-refractivity contribution in [3.63, 3.8) is 0 Å². The summed E-state index contributed by atoms with van der Waals surface area (Å²) in [6.45, 7) is 0. The molecule has 1 amide bonds. The first-order chi connectivity index (χ1) is 8.08. The number of anilines is 2. The number of H-pyrrole nitrogens is 1. The normalized spacial score (nSPS) is 10.2. The van der Waals surface area contributed by atoms with Crippen molar-refractivity contribution in [3.8, 4) is 0 Å². The number of nitrogens with two attached hydrogens (primary N) is 1. The minimum absolute atomic E-state index is 0.243. The largest absolute Gasteiger partial charge is 0.382 e. The average molecular weight is 271 g/mol. The summed E-state index contributed by atoms with van der Waals surface area (Å²) in [6.07, 6.45) is 0. The van der Waals surface area contributed by atoms with E-state index in [0.717, 1.165) is 0 Å². The standard InChI is InChI=1S/C10H8Cl2N4O/c11-5-2-1-3-6(9(5)12)14-10(17)7-4-8(13)16-15-7/h1-4H,(H,14,17)(H3,13,15,16). The van der Waals surface area contributed by atoms with Crippen molar-refractivity contribution in [2.75, 3.05) is 11.1 Å². The van der Waals surface area contributed by atoms with Crippen LogP contribution < -0.4 is 11.1 Å². The van der Waals surface area contributed by atoms with Crippen LogP contribution in [0.3, 0.4) is 0 Å². The van der Waals surface area contributed by atoms with E-state index in [4.69, 9.17) is 28.9 Å². The van der Waals surface area contributed by atoms with Crippen molar-refractivity contribution in [2.45, 2.75) is 0 Å². The first-order valence-electron chi connectivity index (χ1n) is 4.64. The van der Waals surface area contributed by atoms with Gasteiger partial charge in [0.15, 0.2) is 0 Å². The number of carbonyl (C=O) groups excluding carboxylic acids is 1. The van der Waals surface area contributed by atoms with Crippen LogP contribution in [0.15, 0.2) is 24.3 Å². The minimum Gasteiger partial charge on any atom is -0.382 e. The maximum atomic E-state index is 11.8. The molecule has 1 heterocycles. The number of halogens is 2. The number of rotatable bonds is 2. The van der Waals surface area contributed by atoms with Gasteiger partial charge in [0.25, 0.3) is 5.91 Å². The lowest BCUT2D eigenvalue weighted by atomic mass is 10.3. The highest BCUT2D eigenvalue weighted by Gasteiger charge is 2.11. The number of nitrogens with one attached hydrogen (secondary N) is 2. The number of hydrogen-bond acceptors (Lipinski definition) is 3. The van der Waals surface area contributed by atoms with Gasteiger partial charge in [-0.3, -0.25) is 9.89 Å². The fraction of sp³-hybridized carbons (Fsp3) is 0. The van der Waals surface area contributed by atoms with E-state index in [9.17, 15) is 4.79 Å². The summed E-state index contributed by atoms with van der Waals surface area (Å²) < 4.78 is 0. The van der Waals surface area contributed by atoms with Gasteiger partial charge in [0, 0.05) is 6.07 Å². The van der Waals surface area contributed by atoms with Gasteiger partial charge in [0.1, 0.15) is 11.5 Å². The zero-order chi connectivity index (χ0) is 12.4. The maximum Gasteiger partial charge on any atom is 0.273 e. The van der Waals surface area contributed by atoms with Crippen LogP contribution in [0.4, 0.5) is 11.5 Å². The summed E-state index contributed by atoms with van der Waals surface area (Å²) in [5.41, 5.74) is 6.07. The zero-order valence-electron chi connectivity index (χ0n) is 8.50. The molecular weight excluding hydrogens is 263 g/mol. The molecule has 0 saturated carbocycles. The van der Waals surface area contributed by atoms with Crippen LogP contribution in [-0.4, -0.2) is 16.1 Å². The van der Waals surface area contributed by atoms with Crippen LogP contribution >= 0.6 is 23.2 Å². The molecule has 0 spiro atoms. The molecule has 0 unspecified atom stereocenters. The predicted molar refractivity (Wildman–Crippen MR) is 67.4 cm³/mol. The van der Waals surface area contributed by atoms with E-state index in [1.807, 2.05) is 0 Å². The molecule has 7 heteroatoms. The molecule has 0 radical (unpaired) electrons. The summed E-state index contributed by atoms with van der Waals surface area (Å²) in [7, 11) is 0.